The lowest BCUT2D eigenvalue weighted by Gasteiger charge is -2.21. The maximum absolute atomic E-state index is 4.62. The van der Waals surface area contributed by atoms with Crippen LogP contribution in [0.4, 0.5) is 5.82 Å². The molecule has 0 fully saturated rings. The highest BCUT2D eigenvalue weighted by Crippen LogP contribution is 2.33. The lowest BCUT2D eigenvalue weighted by molar-refractivity contribution is 0.564. The van der Waals surface area contributed by atoms with Crippen molar-refractivity contribution in [1.82, 2.24) is 25.1 Å². The Hall–Kier alpha value is -1.50. The van der Waals surface area contributed by atoms with Gasteiger partial charge in [0.25, 0.3) is 0 Å². The molecule has 0 spiro atoms. The fourth-order valence-electron chi connectivity index (χ4n) is 1.72. The zero-order valence-electron chi connectivity index (χ0n) is 12.2. The van der Waals surface area contributed by atoms with Gasteiger partial charge in [0.05, 0.1) is 10.2 Å². The van der Waals surface area contributed by atoms with Crippen molar-refractivity contribution in [1.29, 1.82) is 0 Å². The van der Waals surface area contributed by atoms with E-state index in [1.54, 1.807) is 0 Å². The second kappa shape index (κ2) is 5.87. The molecule has 0 aliphatic rings. The van der Waals surface area contributed by atoms with Crippen LogP contribution in [0.3, 0.4) is 0 Å². The molecule has 0 aromatic carbocycles. The van der Waals surface area contributed by atoms with Crippen LogP contribution >= 0.6 is 15.9 Å². The van der Waals surface area contributed by atoms with E-state index in [2.05, 4.69) is 74.1 Å². The summed E-state index contributed by atoms with van der Waals surface area (Å²) in [5.41, 5.74) is 0.844. The number of anilines is 1. The van der Waals surface area contributed by atoms with E-state index in [0.29, 0.717) is 11.6 Å². The van der Waals surface area contributed by atoms with E-state index in [1.165, 1.54) is 6.33 Å². The summed E-state index contributed by atoms with van der Waals surface area (Å²) in [5.74, 6) is 1.91. The van der Waals surface area contributed by atoms with Crippen LogP contribution in [0.2, 0.25) is 0 Å². The van der Waals surface area contributed by atoms with Gasteiger partial charge in [0.1, 0.15) is 12.1 Å². The smallest absolute Gasteiger partial charge is 0.199 e. The number of halogens is 1. The molecule has 2 aromatic rings. The van der Waals surface area contributed by atoms with E-state index >= 15 is 0 Å². The van der Waals surface area contributed by atoms with Crippen molar-refractivity contribution < 1.29 is 0 Å². The number of H-pyrrole nitrogens is 1. The van der Waals surface area contributed by atoms with Gasteiger partial charge in [-0.15, -0.1) is 0 Å². The van der Waals surface area contributed by atoms with Gasteiger partial charge in [0, 0.05) is 12.0 Å². The summed E-state index contributed by atoms with van der Waals surface area (Å²) in [6.07, 6.45) is 2.48. The molecular formula is C13H19BrN6. The highest BCUT2D eigenvalue weighted by atomic mass is 79.9. The van der Waals surface area contributed by atoms with Crippen LogP contribution in [0.1, 0.15) is 39.8 Å². The van der Waals surface area contributed by atoms with E-state index in [4.69, 9.17) is 0 Å². The predicted octanol–water partition coefficient (Wildman–Crippen LogP) is 3.14. The summed E-state index contributed by atoms with van der Waals surface area (Å²) in [4.78, 5) is 13.3. The first-order valence-electron chi connectivity index (χ1n) is 6.61. The van der Waals surface area contributed by atoms with Crippen molar-refractivity contribution in [3.63, 3.8) is 0 Å². The molecule has 0 unspecified atom stereocenters. The fourth-order valence-corrected chi connectivity index (χ4v) is 2.64. The van der Waals surface area contributed by atoms with Gasteiger partial charge >= 0.3 is 0 Å². The molecule has 2 rings (SSSR count). The van der Waals surface area contributed by atoms with Crippen LogP contribution in [0, 0.1) is 0 Å². The Balaban J connectivity index is 2.54. The van der Waals surface area contributed by atoms with Crippen molar-refractivity contribution in [2.24, 2.45) is 0 Å². The Kier molecular flexibility index (Phi) is 4.37. The number of hydrogen-bond donors (Lipinski definition) is 2. The molecule has 0 saturated carbocycles. The number of aromatic nitrogens is 5. The van der Waals surface area contributed by atoms with Gasteiger partial charge in [-0.25, -0.2) is 15.0 Å². The molecule has 2 aromatic heterocycles. The molecular weight excluding hydrogens is 320 g/mol. The van der Waals surface area contributed by atoms with Crippen LogP contribution in [-0.2, 0) is 5.41 Å². The first-order chi connectivity index (χ1) is 9.43. The molecule has 0 saturated heterocycles. The van der Waals surface area contributed by atoms with E-state index in [1.807, 2.05) is 0 Å². The Labute approximate surface area is 127 Å². The van der Waals surface area contributed by atoms with Gasteiger partial charge in [-0.1, -0.05) is 27.7 Å². The third-order valence-corrected chi connectivity index (χ3v) is 3.48. The van der Waals surface area contributed by atoms with Gasteiger partial charge in [-0.05, 0) is 22.4 Å². The minimum Gasteiger partial charge on any atom is -0.369 e. The van der Waals surface area contributed by atoms with Crippen molar-refractivity contribution in [2.45, 2.75) is 39.5 Å². The summed E-state index contributed by atoms with van der Waals surface area (Å²) in [6, 6.07) is 0. The van der Waals surface area contributed by atoms with Gasteiger partial charge in [0.2, 0.25) is 0 Å². The molecule has 108 valence electrons. The number of nitrogens with zero attached hydrogens (tertiary/aromatic N) is 4. The number of aromatic amines is 1. The van der Waals surface area contributed by atoms with Gasteiger partial charge in [-0.2, -0.15) is 5.10 Å². The Morgan fingerprint density at radius 1 is 1.30 bits per heavy atom. The van der Waals surface area contributed by atoms with Crippen LogP contribution < -0.4 is 5.32 Å². The third-order valence-electron chi connectivity index (χ3n) is 2.73. The average Bonchev–Trinajstić information content (AvgIpc) is 2.90. The number of rotatable bonds is 4. The minimum absolute atomic E-state index is 0.0980. The average molecular weight is 339 g/mol. The lowest BCUT2D eigenvalue weighted by atomic mass is 9.92. The molecule has 2 N–H and O–H groups in total. The molecule has 0 atom stereocenters. The largest absolute Gasteiger partial charge is 0.369 e. The summed E-state index contributed by atoms with van der Waals surface area (Å²) in [6.45, 7) is 9.33. The van der Waals surface area contributed by atoms with Crippen LogP contribution in [0.25, 0.3) is 11.6 Å². The Bertz CT molecular complexity index is 573. The monoisotopic (exact) mass is 338 g/mol. The first kappa shape index (κ1) is 14.9. The van der Waals surface area contributed by atoms with Crippen molar-refractivity contribution in [3.8, 4) is 11.6 Å². The topological polar surface area (TPSA) is 79.4 Å². The van der Waals surface area contributed by atoms with E-state index in [9.17, 15) is 0 Å². The van der Waals surface area contributed by atoms with Crippen molar-refractivity contribution in [2.75, 3.05) is 11.9 Å². The Morgan fingerprint density at radius 2 is 2.05 bits per heavy atom. The van der Waals surface area contributed by atoms with Crippen molar-refractivity contribution in [3.05, 3.63) is 16.5 Å². The molecule has 0 aliphatic heterocycles. The molecule has 0 amide bonds. The molecule has 0 bridgehead atoms. The summed E-state index contributed by atoms with van der Waals surface area (Å²) < 4.78 is 0.904. The van der Waals surface area contributed by atoms with Gasteiger partial charge in [0.15, 0.2) is 11.6 Å². The molecule has 7 heteroatoms. The number of hydrogen-bond acceptors (Lipinski definition) is 5. The van der Waals surface area contributed by atoms with E-state index < -0.39 is 0 Å². The molecule has 2 heterocycles. The van der Waals surface area contributed by atoms with E-state index in [0.717, 1.165) is 29.0 Å². The Morgan fingerprint density at radius 3 is 2.60 bits per heavy atom. The second-order valence-corrected chi connectivity index (χ2v) is 6.36. The minimum atomic E-state index is -0.0980. The fraction of sp³-hybridized carbons (Fsp3) is 0.538. The van der Waals surface area contributed by atoms with Crippen LogP contribution in [0.5, 0.6) is 0 Å². The normalized spacial score (nSPS) is 11.7. The molecule has 0 aliphatic carbocycles. The standard InChI is InChI=1S/C13H19BrN6/c1-5-6-15-10-8(14)9(13(2,3)4)18-12(19-10)11-16-7-17-20-11/h7H,5-6H2,1-4H3,(H,15,18,19)(H,16,17,20). The summed E-state index contributed by atoms with van der Waals surface area (Å²) in [5, 5.41) is 9.98. The predicted molar refractivity (Wildman–Crippen MR) is 82.6 cm³/mol. The molecule has 20 heavy (non-hydrogen) atoms. The summed E-state index contributed by atoms with van der Waals surface area (Å²) in [7, 11) is 0. The zero-order chi connectivity index (χ0) is 14.8. The molecule has 0 radical (unpaired) electrons. The zero-order valence-corrected chi connectivity index (χ0v) is 13.7. The van der Waals surface area contributed by atoms with Crippen LogP contribution in [0.15, 0.2) is 10.8 Å². The summed E-state index contributed by atoms with van der Waals surface area (Å²) >= 11 is 3.61. The first-order valence-corrected chi connectivity index (χ1v) is 7.40. The SMILES string of the molecule is CCCNc1nc(-c2ncn[nH]2)nc(C(C)(C)C)c1Br. The quantitative estimate of drug-likeness (QED) is 0.895. The van der Waals surface area contributed by atoms with Crippen LogP contribution in [-0.4, -0.2) is 31.7 Å². The van der Waals surface area contributed by atoms with E-state index in [-0.39, 0.29) is 5.41 Å². The highest BCUT2D eigenvalue weighted by molar-refractivity contribution is 9.10. The molecule has 6 nitrogen and oxygen atoms in total. The third kappa shape index (κ3) is 3.15. The van der Waals surface area contributed by atoms with Gasteiger partial charge < -0.3 is 5.32 Å². The maximum Gasteiger partial charge on any atom is 0.199 e. The number of nitrogens with one attached hydrogen (secondary N) is 2. The van der Waals surface area contributed by atoms with Gasteiger partial charge in [-0.3, -0.25) is 5.10 Å². The highest BCUT2D eigenvalue weighted by Gasteiger charge is 2.24. The maximum atomic E-state index is 4.62. The lowest BCUT2D eigenvalue weighted by Crippen LogP contribution is -2.18. The van der Waals surface area contributed by atoms with Crippen molar-refractivity contribution >= 4 is 21.7 Å². The second-order valence-electron chi connectivity index (χ2n) is 5.57.